The summed E-state index contributed by atoms with van der Waals surface area (Å²) in [7, 11) is 0. The van der Waals surface area contributed by atoms with Gasteiger partial charge in [0.25, 0.3) is 0 Å². The lowest BCUT2D eigenvalue weighted by Crippen LogP contribution is -2.27. The van der Waals surface area contributed by atoms with Crippen LogP contribution >= 0.6 is 0 Å². The number of esters is 2. The molecule has 0 atom stereocenters. The summed E-state index contributed by atoms with van der Waals surface area (Å²) in [6.45, 7) is 10.4. The highest BCUT2D eigenvalue weighted by Crippen LogP contribution is 2.17. The van der Waals surface area contributed by atoms with Crippen LogP contribution in [0.15, 0.2) is 23.3 Å². The molecule has 22 heavy (non-hydrogen) atoms. The summed E-state index contributed by atoms with van der Waals surface area (Å²) in [6, 6.07) is 0. The van der Waals surface area contributed by atoms with Crippen LogP contribution in [-0.2, 0) is 19.1 Å². The molecule has 0 aromatic heterocycles. The van der Waals surface area contributed by atoms with Crippen LogP contribution in [0.3, 0.4) is 0 Å². The first-order chi connectivity index (χ1) is 10.5. The molecule has 0 rings (SSSR count). The van der Waals surface area contributed by atoms with E-state index in [1.165, 1.54) is 11.1 Å². The molecule has 0 aliphatic heterocycles. The molecule has 0 radical (unpaired) electrons. The highest BCUT2D eigenvalue weighted by Gasteiger charge is 2.28. The highest BCUT2D eigenvalue weighted by atomic mass is 16.6. The molecule has 0 heterocycles. The topological polar surface area (TPSA) is 52.6 Å². The third-order valence-electron chi connectivity index (χ3n) is 3.61. The Hall–Kier alpha value is -1.58. The van der Waals surface area contributed by atoms with Gasteiger partial charge in [-0.2, -0.15) is 0 Å². The van der Waals surface area contributed by atoms with Crippen LogP contribution in [0.2, 0.25) is 0 Å². The molecule has 126 valence electrons. The van der Waals surface area contributed by atoms with Gasteiger partial charge in [-0.1, -0.05) is 37.1 Å². The van der Waals surface area contributed by atoms with Crippen LogP contribution in [0.4, 0.5) is 0 Å². The minimum atomic E-state index is -0.863. The zero-order valence-electron chi connectivity index (χ0n) is 14.6. The molecule has 0 aliphatic rings. The van der Waals surface area contributed by atoms with Crippen molar-refractivity contribution in [1.29, 1.82) is 0 Å². The maximum absolute atomic E-state index is 11.8. The number of allylic oxidation sites excluding steroid dienone is 4. The standard InChI is InChI=1S/C18H30O4/c1-6-14(5)15(7-2)12-10-11-13-16(17(19)21-8-3)18(20)22-9-4/h10-11,16H,6-9,12-13H2,1-5H3/b11-10+,15-14+. The van der Waals surface area contributed by atoms with Gasteiger partial charge >= 0.3 is 11.9 Å². The lowest BCUT2D eigenvalue weighted by Gasteiger charge is -2.12. The summed E-state index contributed by atoms with van der Waals surface area (Å²) < 4.78 is 9.89. The van der Waals surface area contributed by atoms with E-state index in [0.717, 1.165) is 19.3 Å². The first kappa shape index (κ1) is 20.4. The third-order valence-corrected chi connectivity index (χ3v) is 3.61. The Bertz CT molecular complexity index is 389. The van der Waals surface area contributed by atoms with Gasteiger partial charge in [0.05, 0.1) is 13.2 Å². The Balaban J connectivity index is 4.71. The predicted molar refractivity (Wildman–Crippen MR) is 88.4 cm³/mol. The SMILES string of the molecule is CCOC(=O)C(C/C=C/C/C(CC)=C(\C)CC)C(=O)OCC. The molecule has 0 spiro atoms. The lowest BCUT2D eigenvalue weighted by atomic mass is 10.0. The summed E-state index contributed by atoms with van der Waals surface area (Å²) >= 11 is 0. The molecule has 0 N–H and O–H groups in total. The van der Waals surface area contributed by atoms with Crippen molar-refractivity contribution in [3.05, 3.63) is 23.3 Å². The van der Waals surface area contributed by atoms with Gasteiger partial charge in [0.15, 0.2) is 5.92 Å². The molecule has 0 aromatic carbocycles. The highest BCUT2D eigenvalue weighted by molar-refractivity contribution is 5.95. The Labute approximate surface area is 134 Å². The van der Waals surface area contributed by atoms with E-state index in [0.29, 0.717) is 6.42 Å². The van der Waals surface area contributed by atoms with E-state index in [1.54, 1.807) is 13.8 Å². The van der Waals surface area contributed by atoms with E-state index < -0.39 is 17.9 Å². The van der Waals surface area contributed by atoms with Crippen molar-refractivity contribution < 1.29 is 19.1 Å². The molecule has 4 heteroatoms. The van der Waals surface area contributed by atoms with Crippen LogP contribution in [0.1, 0.15) is 60.3 Å². The van der Waals surface area contributed by atoms with E-state index in [-0.39, 0.29) is 13.2 Å². The fourth-order valence-corrected chi connectivity index (χ4v) is 2.10. The van der Waals surface area contributed by atoms with Crippen molar-refractivity contribution in [2.75, 3.05) is 13.2 Å². The molecule has 0 fully saturated rings. The summed E-state index contributed by atoms with van der Waals surface area (Å²) in [5, 5.41) is 0. The number of carbonyl (C=O) groups excluding carboxylic acids is 2. The summed E-state index contributed by atoms with van der Waals surface area (Å²) in [5.74, 6) is -1.89. The van der Waals surface area contributed by atoms with Crippen LogP contribution in [0.5, 0.6) is 0 Å². The molecule has 0 bridgehead atoms. The molecular formula is C18H30O4. The summed E-state index contributed by atoms with van der Waals surface area (Å²) in [4.78, 5) is 23.7. The van der Waals surface area contributed by atoms with Gasteiger partial charge in [-0.15, -0.1) is 0 Å². The van der Waals surface area contributed by atoms with Gasteiger partial charge in [0.2, 0.25) is 0 Å². The molecule has 4 nitrogen and oxygen atoms in total. The molecular weight excluding hydrogens is 280 g/mol. The fraction of sp³-hybridized carbons (Fsp3) is 0.667. The molecule has 0 aromatic rings. The maximum atomic E-state index is 11.8. The minimum absolute atomic E-state index is 0.261. The Kier molecular flexibility index (Phi) is 11.2. The number of rotatable bonds is 10. The Morgan fingerprint density at radius 1 is 0.909 bits per heavy atom. The number of hydrogen-bond donors (Lipinski definition) is 0. The monoisotopic (exact) mass is 310 g/mol. The van der Waals surface area contributed by atoms with Gasteiger partial charge in [-0.05, 0) is 46.5 Å². The average Bonchev–Trinajstić information content (AvgIpc) is 2.50. The number of ether oxygens (including phenoxy) is 2. The quantitative estimate of drug-likeness (QED) is 0.345. The Morgan fingerprint density at radius 2 is 1.45 bits per heavy atom. The molecule has 0 amide bonds. The molecule has 0 saturated heterocycles. The van der Waals surface area contributed by atoms with Gasteiger partial charge < -0.3 is 9.47 Å². The third kappa shape index (κ3) is 7.43. The van der Waals surface area contributed by atoms with E-state index in [9.17, 15) is 9.59 Å². The molecule has 0 saturated carbocycles. The normalized spacial score (nSPS) is 12.5. The van der Waals surface area contributed by atoms with Crippen molar-refractivity contribution in [3.63, 3.8) is 0 Å². The average molecular weight is 310 g/mol. The van der Waals surface area contributed by atoms with Crippen molar-refractivity contribution in [2.45, 2.75) is 60.3 Å². The van der Waals surface area contributed by atoms with Crippen LogP contribution in [-0.4, -0.2) is 25.2 Å². The van der Waals surface area contributed by atoms with Crippen molar-refractivity contribution >= 4 is 11.9 Å². The Morgan fingerprint density at radius 3 is 1.86 bits per heavy atom. The van der Waals surface area contributed by atoms with E-state index in [1.807, 2.05) is 12.2 Å². The van der Waals surface area contributed by atoms with Crippen LogP contribution < -0.4 is 0 Å². The fourth-order valence-electron chi connectivity index (χ4n) is 2.10. The van der Waals surface area contributed by atoms with Gasteiger partial charge in [-0.25, -0.2) is 0 Å². The van der Waals surface area contributed by atoms with Crippen molar-refractivity contribution in [2.24, 2.45) is 5.92 Å². The molecule has 0 aliphatic carbocycles. The smallest absolute Gasteiger partial charge is 0.320 e. The van der Waals surface area contributed by atoms with Crippen molar-refractivity contribution in [3.8, 4) is 0 Å². The summed E-state index contributed by atoms with van der Waals surface area (Å²) in [5.41, 5.74) is 2.81. The van der Waals surface area contributed by atoms with Crippen molar-refractivity contribution in [1.82, 2.24) is 0 Å². The van der Waals surface area contributed by atoms with Crippen LogP contribution in [0, 0.1) is 5.92 Å². The number of carbonyl (C=O) groups is 2. The second-order valence-corrected chi connectivity index (χ2v) is 5.06. The first-order valence-corrected chi connectivity index (χ1v) is 8.17. The zero-order valence-corrected chi connectivity index (χ0v) is 14.6. The van der Waals surface area contributed by atoms with Gasteiger partial charge in [-0.3, -0.25) is 9.59 Å². The van der Waals surface area contributed by atoms with E-state index in [2.05, 4.69) is 20.8 Å². The zero-order chi connectivity index (χ0) is 17.0. The molecule has 0 unspecified atom stereocenters. The van der Waals surface area contributed by atoms with E-state index in [4.69, 9.17) is 9.47 Å². The number of hydrogen-bond acceptors (Lipinski definition) is 4. The largest absolute Gasteiger partial charge is 0.465 e. The predicted octanol–water partition coefficient (Wildman–Crippen LogP) is 4.20. The van der Waals surface area contributed by atoms with Gasteiger partial charge in [0.1, 0.15) is 0 Å². The first-order valence-electron chi connectivity index (χ1n) is 8.17. The van der Waals surface area contributed by atoms with E-state index >= 15 is 0 Å². The van der Waals surface area contributed by atoms with Crippen LogP contribution in [0.25, 0.3) is 0 Å². The maximum Gasteiger partial charge on any atom is 0.320 e. The summed E-state index contributed by atoms with van der Waals surface area (Å²) in [6.07, 6.45) is 7.13. The second-order valence-electron chi connectivity index (χ2n) is 5.06. The minimum Gasteiger partial charge on any atom is -0.465 e. The lowest BCUT2D eigenvalue weighted by molar-refractivity contribution is -0.161. The van der Waals surface area contributed by atoms with Gasteiger partial charge in [0, 0.05) is 0 Å². The second kappa shape index (κ2) is 12.0.